The first-order valence-electron chi connectivity index (χ1n) is 10.2. The average Bonchev–Trinajstić information content (AvgIpc) is 3.42. The Balaban J connectivity index is 1.66. The molecule has 0 atom stereocenters. The van der Waals surface area contributed by atoms with Gasteiger partial charge in [0.25, 0.3) is 11.8 Å². The van der Waals surface area contributed by atoms with Crippen LogP contribution in [0.15, 0.2) is 47.0 Å². The molecule has 0 saturated heterocycles. The molecule has 0 unspecified atom stereocenters. The highest BCUT2D eigenvalue weighted by Crippen LogP contribution is 2.31. The van der Waals surface area contributed by atoms with E-state index < -0.39 is 0 Å². The van der Waals surface area contributed by atoms with Crippen LogP contribution in [0.3, 0.4) is 0 Å². The lowest BCUT2D eigenvalue weighted by Crippen LogP contribution is -2.16. The van der Waals surface area contributed by atoms with Crippen molar-refractivity contribution >= 4 is 11.6 Å². The minimum Gasteiger partial charge on any atom is -0.497 e. The first kappa shape index (κ1) is 21.2. The Morgan fingerprint density at radius 3 is 2.66 bits per heavy atom. The summed E-state index contributed by atoms with van der Waals surface area (Å²) in [6.45, 7) is 7.67. The Morgan fingerprint density at radius 1 is 1.16 bits per heavy atom. The predicted molar refractivity (Wildman–Crippen MR) is 119 cm³/mol. The summed E-state index contributed by atoms with van der Waals surface area (Å²) in [5.41, 5.74) is 3.67. The fourth-order valence-corrected chi connectivity index (χ4v) is 3.29. The molecule has 0 fully saturated rings. The van der Waals surface area contributed by atoms with Gasteiger partial charge in [0, 0.05) is 12.0 Å². The number of ether oxygens (including phenoxy) is 1. The van der Waals surface area contributed by atoms with Crippen molar-refractivity contribution in [3.05, 3.63) is 65.2 Å². The Hall–Kier alpha value is -4.01. The SMILES string of the molecule is COc1cccc(-n2nnc(C(=O)Nc3c(C)cccc3-c3nc(C(C)C)no3)c2C)c1. The number of carbonyl (C=O) groups excluding carboxylic acids is 1. The largest absolute Gasteiger partial charge is 0.497 e. The van der Waals surface area contributed by atoms with Crippen LogP contribution < -0.4 is 10.1 Å². The van der Waals surface area contributed by atoms with Gasteiger partial charge in [-0.05, 0) is 37.6 Å². The summed E-state index contributed by atoms with van der Waals surface area (Å²) in [5, 5.41) is 15.3. The molecule has 1 amide bonds. The number of carbonyl (C=O) groups is 1. The molecule has 2 aromatic heterocycles. The van der Waals surface area contributed by atoms with E-state index in [1.54, 1.807) is 18.7 Å². The van der Waals surface area contributed by atoms with Crippen LogP contribution in [-0.4, -0.2) is 38.2 Å². The van der Waals surface area contributed by atoms with Gasteiger partial charge in [-0.1, -0.05) is 42.4 Å². The Bertz CT molecular complexity index is 1270. The summed E-state index contributed by atoms with van der Waals surface area (Å²) in [4.78, 5) is 17.6. The van der Waals surface area contributed by atoms with Gasteiger partial charge in [-0.15, -0.1) is 5.10 Å². The molecule has 9 heteroatoms. The normalized spacial score (nSPS) is 11.1. The molecule has 0 aliphatic carbocycles. The number of benzene rings is 2. The van der Waals surface area contributed by atoms with Gasteiger partial charge in [0.1, 0.15) is 5.75 Å². The number of aryl methyl sites for hydroxylation is 1. The van der Waals surface area contributed by atoms with E-state index in [0.717, 1.165) is 11.3 Å². The minimum absolute atomic E-state index is 0.129. The smallest absolute Gasteiger partial charge is 0.278 e. The first-order valence-corrected chi connectivity index (χ1v) is 10.2. The molecule has 32 heavy (non-hydrogen) atoms. The zero-order valence-electron chi connectivity index (χ0n) is 18.6. The summed E-state index contributed by atoms with van der Waals surface area (Å²) < 4.78 is 12.3. The molecule has 2 aromatic carbocycles. The number of rotatable bonds is 6. The highest BCUT2D eigenvalue weighted by Gasteiger charge is 2.22. The first-order chi connectivity index (χ1) is 15.4. The van der Waals surface area contributed by atoms with Gasteiger partial charge >= 0.3 is 0 Å². The molecule has 164 valence electrons. The van der Waals surface area contributed by atoms with Crippen LogP contribution in [0.4, 0.5) is 5.69 Å². The van der Waals surface area contributed by atoms with Crippen molar-refractivity contribution in [3.8, 4) is 22.9 Å². The fourth-order valence-electron chi connectivity index (χ4n) is 3.29. The molecule has 2 heterocycles. The summed E-state index contributed by atoms with van der Waals surface area (Å²) in [5.74, 6) is 1.40. The van der Waals surface area contributed by atoms with Crippen LogP contribution in [0.2, 0.25) is 0 Å². The average molecular weight is 432 g/mol. The lowest BCUT2D eigenvalue weighted by molar-refractivity contribution is 0.102. The van der Waals surface area contributed by atoms with E-state index in [1.807, 2.05) is 63.2 Å². The van der Waals surface area contributed by atoms with Gasteiger partial charge in [0.05, 0.1) is 29.7 Å². The number of hydrogen-bond acceptors (Lipinski definition) is 7. The molecule has 0 aliphatic heterocycles. The van der Waals surface area contributed by atoms with Crippen LogP contribution in [-0.2, 0) is 0 Å². The number of amides is 1. The Kier molecular flexibility index (Phi) is 5.72. The van der Waals surface area contributed by atoms with E-state index >= 15 is 0 Å². The number of nitrogens with one attached hydrogen (secondary N) is 1. The number of hydrogen-bond donors (Lipinski definition) is 1. The number of nitrogens with zero attached hydrogens (tertiary/aromatic N) is 5. The monoisotopic (exact) mass is 432 g/mol. The van der Waals surface area contributed by atoms with Crippen molar-refractivity contribution in [2.24, 2.45) is 0 Å². The fraction of sp³-hybridized carbons (Fsp3) is 0.261. The topological polar surface area (TPSA) is 108 Å². The molecule has 4 aromatic rings. The van der Waals surface area contributed by atoms with Crippen LogP contribution >= 0.6 is 0 Å². The van der Waals surface area contributed by atoms with Crippen molar-refractivity contribution in [1.82, 2.24) is 25.1 Å². The maximum absolute atomic E-state index is 13.1. The van der Waals surface area contributed by atoms with Crippen molar-refractivity contribution in [3.63, 3.8) is 0 Å². The molecule has 9 nitrogen and oxygen atoms in total. The second-order valence-electron chi connectivity index (χ2n) is 7.70. The van der Waals surface area contributed by atoms with E-state index in [2.05, 4.69) is 25.8 Å². The third-order valence-electron chi connectivity index (χ3n) is 5.11. The van der Waals surface area contributed by atoms with Crippen molar-refractivity contribution in [2.45, 2.75) is 33.6 Å². The molecule has 0 radical (unpaired) electrons. The van der Waals surface area contributed by atoms with E-state index in [1.165, 1.54) is 0 Å². The van der Waals surface area contributed by atoms with Crippen LogP contribution in [0.1, 0.15) is 47.3 Å². The van der Waals surface area contributed by atoms with Gasteiger partial charge in [-0.25, -0.2) is 4.68 Å². The summed E-state index contributed by atoms with van der Waals surface area (Å²) >= 11 is 0. The van der Waals surface area contributed by atoms with Gasteiger partial charge in [0.2, 0.25) is 0 Å². The molecule has 0 saturated carbocycles. The maximum atomic E-state index is 13.1. The van der Waals surface area contributed by atoms with Gasteiger partial charge in [-0.2, -0.15) is 4.98 Å². The molecule has 4 rings (SSSR count). The van der Waals surface area contributed by atoms with Gasteiger partial charge in [0.15, 0.2) is 11.5 Å². The number of methoxy groups -OCH3 is 1. The third-order valence-corrected chi connectivity index (χ3v) is 5.11. The number of anilines is 1. The molecule has 0 aliphatic rings. The lowest BCUT2D eigenvalue weighted by atomic mass is 10.1. The summed E-state index contributed by atoms with van der Waals surface area (Å²) in [6.07, 6.45) is 0. The van der Waals surface area contributed by atoms with E-state index in [9.17, 15) is 4.79 Å². The van der Waals surface area contributed by atoms with Gasteiger partial charge < -0.3 is 14.6 Å². The molecule has 0 spiro atoms. The maximum Gasteiger partial charge on any atom is 0.278 e. The Labute approximate surface area is 185 Å². The number of aromatic nitrogens is 5. The standard InChI is InChI=1S/C23H24N6O3/c1-13(2)21-25-23(32-27-21)18-11-6-8-14(3)19(18)24-22(30)20-15(4)29(28-26-20)16-9-7-10-17(12-16)31-5/h6-13H,1-5H3,(H,24,30). The van der Waals surface area contributed by atoms with Crippen LogP contribution in [0, 0.1) is 13.8 Å². The number of para-hydroxylation sites is 1. The van der Waals surface area contributed by atoms with E-state index in [4.69, 9.17) is 9.26 Å². The molecule has 1 N–H and O–H groups in total. The highest BCUT2D eigenvalue weighted by atomic mass is 16.5. The summed E-state index contributed by atoms with van der Waals surface area (Å²) in [7, 11) is 1.60. The van der Waals surface area contributed by atoms with Crippen molar-refractivity contribution in [1.29, 1.82) is 0 Å². The second kappa shape index (κ2) is 8.62. The van der Waals surface area contributed by atoms with E-state index in [0.29, 0.717) is 34.4 Å². The predicted octanol–water partition coefficient (Wildman–Crippen LogP) is 4.32. The van der Waals surface area contributed by atoms with Crippen LogP contribution in [0.5, 0.6) is 5.75 Å². The highest BCUT2D eigenvalue weighted by molar-refractivity contribution is 6.06. The molecular formula is C23H24N6O3. The quantitative estimate of drug-likeness (QED) is 0.483. The Morgan fingerprint density at radius 2 is 1.94 bits per heavy atom. The lowest BCUT2D eigenvalue weighted by Gasteiger charge is -2.11. The van der Waals surface area contributed by atoms with Gasteiger partial charge in [-0.3, -0.25) is 4.79 Å². The van der Waals surface area contributed by atoms with E-state index in [-0.39, 0.29) is 17.5 Å². The second-order valence-corrected chi connectivity index (χ2v) is 7.70. The van der Waals surface area contributed by atoms with Crippen LogP contribution in [0.25, 0.3) is 17.1 Å². The zero-order valence-corrected chi connectivity index (χ0v) is 18.6. The van der Waals surface area contributed by atoms with Crippen molar-refractivity contribution < 1.29 is 14.1 Å². The molecule has 0 bridgehead atoms. The summed E-state index contributed by atoms with van der Waals surface area (Å²) in [6, 6.07) is 13.0. The third kappa shape index (κ3) is 3.96. The van der Waals surface area contributed by atoms with Crippen molar-refractivity contribution in [2.75, 3.05) is 12.4 Å². The zero-order chi connectivity index (χ0) is 22.8. The molecular weight excluding hydrogens is 408 g/mol. The minimum atomic E-state index is -0.379.